The van der Waals surface area contributed by atoms with Crippen molar-refractivity contribution in [1.29, 1.82) is 0 Å². The van der Waals surface area contributed by atoms with Crippen molar-refractivity contribution in [3.63, 3.8) is 0 Å². The molecule has 0 fully saturated rings. The number of nitrogens with zero attached hydrogens (tertiary/aromatic N) is 1. The number of fused-ring (bicyclic) bond motifs is 1. The van der Waals surface area contributed by atoms with Crippen molar-refractivity contribution < 1.29 is 14.3 Å². The van der Waals surface area contributed by atoms with Gasteiger partial charge in [-0.25, -0.2) is 0 Å². The Balaban J connectivity index is 1.99. The number of primary amides is 1. The van der Waals surface area contributed by atoms with Crippen LogP contribution in [0.2, 0.25) is 0 Å². The van der Waals surface area contributed by atoms with Crippen molar-refractivity contribution in [2.24, 2.45) is 11.5 Å². The smallest absolute Gasteiger partial charge is 0.305 e. The zero-order chi connectivity index (χ0) is 19.1. The minimum Gasteiger partial charge on any atom is -0.466 e. The molecule has 0 aromatic heterocycles. The summed E-state index contributed by atoms with van der Waals surface area (Å²) in [4.78, 5) is 25.7. The average molecular weight is 361 g/mol. The highest BCUT2D eigenvalue weighted by Gasteiger charge is 2.25. The van der Waals surface area contributed by atoms with Crippen molar-refractivity contribution in [1.82, 2.24) is 0 Å². The molecule has 1 atom stereocenters. The first-order valence-corrected chi connectivity index (χ1v) is 9.54. The number of carbonyl (C=O) groups is 2. The van der Waals surface area contributed by atoms with Crippen LogP contribution in [0.15, 0.2) is 12.1 Å². The number of amides is 1. The summed E-state index contributed by atoms with van der Waals surface area (Å²) >= 11 is 0. The maximum Gasteiger partial charge on any atom is 0.305 e. The molecule has 0 bridgehead atoms. The summed E-state index contributed by atoms with van der Waals surface area (Å²) in [6.07, 6.45) is 4.68. The third kappa shape index (κ3) is 5.46. The maximum atomic E-state index is 12.0. The Hall–Kier alpha value is -2.08. The van der Waals surface area contributed by atoms with Crippen LogP contribution < -0.4 is 16.4 Å². The topological polar surface area (TPSA) is 98.7 Å². The van der Waals surface area contributed by atoms with E-state index in [9.17, 15) is 9.59 Å². The summed E-state index contributed by atoms with van der Waals surface area (Å²) in [5, 5.41) is 0. The molecule has 1 aromatic carbocycles. The summed E-state index contributed by atoms with van der Waals surface area (Å²) in [6.45, 7) is 5.99. The molecule has 1 heterocycles. The van der Waals surface area contributed by atoms with Crippen molar-refractivity contribution in [3.05, 3.63) is 28.8 Å². The van der Waals surface area contributed by atoms with Gasteiger partial charge in [-0.05, 0) is 49.8 Å². The molecule has 4 N–H and O–H groups in total. The lowest BCUT2D eigenvalue weighted by molar-refractivity contribution is -0.143. The van der Waals surface area contributed by atoms with Gasteiger partial charge in [0, 0.05) is 25.6 Å². The Morgan fingerprint density at radius 1 is 1.31 bits per heavy atom. The Bertz CT molecular complexity index is 643. The van der Waals surface area contributed by atoms with E-state index in [0.717, 1.165) is 62.0 Å². The molecule has 0 aliphatic carbocycles. The average Bonchev–Trinajstić information content (AvgIpc) is 2.98. The van der Waals surface area contributed by atoms with E-state index in [-0.39, 0.29) is 12.0 Å². The quantitative estimate of drug-likeness (QED) is 0.491. The van der Waals surface area contributed by atoms with E-state index in [4.69, 9.17) is 16.2 Å². The second-order valence-corrected chi connectivity index (χ2v) is 7.11. The van der Waals surface area contributed by atoms with Crippen LogP contribution in [0, 0.1) is 0 Å². The number of anilines is 1. The molecule has 1 amide bonds. The molecule has 1 aliphatic rings. The van der Waals surface area contributed by atoms with Gasteiger partial charge in [0.2, 0.25) is 0 Å². The predicted octanol–water partition coefficient (Wildman–Crippen LogP) is 2.16. The first-order valence-electron chi connectivity index (χ1n) is 9.54. The third-order valence-electron chi connectivity index (χ3n) is 4.61. The second kappa shape index (κ2) is 9.57. The third-order valence-corrected chi connectivity index (χ3v) is 4.61. The molecule has 144 valence electrons. The van der Waals surface area contributed by atoms with Gasteiger partial charge in [0.15, 0.2) is 0 Å². The number of nitrogens with two attached hydrogens (primary N) is 2. The number of rotatable bonds is 10. The first kappa shape index (κ1) is 20.2. The Morgan fingerprint density at radius 3 is 2.73 bits per heavy atom. The summed E-state index contributed by atoms with van der Waals surface area (Å²) < 4.78 is 5.26. The van der Waals surface area contributed by atoms with E-state index in [2.05, 4.69) is 11.0 Å². The van der Waals surface area contributed by atoms with E-state index in [1.54, 1.807) is 0 Å². The number of esters is 1. The summed E-state index contributed by atoms with van der Waals surface area (Å²) in [7, 11) is 0. The number of hydrogen-bond donors (Lipinski definition) is 2. The highest BCUT2D eigenvalue weighted by atomic mass is 16.5. The van der Waals surface area contributed by atoms with Gasteiger partial charge >= 0.3 is 5.97 Å². The van der Waals surface area contributed by atoms with Crippen LogP contribution in [0.1, 0.15) is 61.0 Å². The summed E-state index contributed by atoms with van der Waals surface area (Å²) in [5.74, 6) is -0.544. The van der Waals surface area contributed by atoms with Crippen LogP contribution in [0.25, 0.3) is 0 Å². The number of unbranched alkanes of at least 4 members (excludes halogenated alkanes) is 1. The maximum absolute atomic E-state index is 12.0. The minimum atomic E-state index is -0.411. The lowest BCUT2D eigenvalue weighted by Crippen LogP contribution is -2.26. The molecular formula is C20H31N3O3. The number of carbonyl (C=O) groups excluding carboxylic acids is 2. The molecule has 1 aliphatic heterocycles. The van der Waals surface area contributed by atoms with Gasteiger partial charge in [-0.3, -0.25) is 9.59 Å². The van der Waals surface area contributed by atoms with Crippen LogP contribution in [0.3, 0.4) is 0 Å². The van der Waals surface area contributed by atoms with E-state index in [0.29, 0.717) is 18.6 Å². The molecular weight excluding hydrogens is 330 g/mol. The van der Waals surface area contributed by atoms with Gasteiger partial charge in [-0.1, -0.05) is 19.4 Å². The van der Waals surface area contributed by atoms with Crippen LogP contribution in [0.5, 0.6) is 0 Å². The zero-order valence-electron chi connectivity index (χ0n) is 15.9. The Labute approximate surface area is 155 Å². The molecule has 26 heavy (non-hydrogen) atoms. The number of benzene rings is 1. The van der Waals surface area contributed by atoms with E-state index >= 15 is 0 Å². The Kier molecular flexibility index (Phi) is 7.45. The van der Waals surface area contributed by atoms with Gasteiger partial charge in [0.25, 0.3) is 5.91 Å². The van der Waals surface area contributed by atoms with Gasteiger partial charge in [0.1, 0.15) is 0 Å². The van der Waals surface area contributed by atoms with E-state index in [1.165, 1.54) is 0 Å². The number of hydrogen-bond acceptors (Lipinski definition) is 5. The van der Waals surface area contributed by atoms with Gasteiger partial charge < -0.3 is 21.1 Å². The Morgan fingerprint density at radius 2 is 2.08 bits per heavy atom. The zero-order valence-corrected chi connectivity index (χ0v) is 15.9. The minimum absolute atomic E-state index is 0.0358. The van der Waals surface area contributed by atoms with Crippen LogP contribution >= 0.6 is 0 Å². The summed E-state index contributed by atoms with van der Waals surface area (Å²) in [6, 6.07) is 4.04. The van der Waals surface area contributed by atoms with Crippen molar-refractivity contribution in [3.8, 4) is 0 Å². The van der Waals surface area contributed by atoms with Crippen molar-refractivity contribution in [2.75, 3.05) is 24.6 Å². The predicted molar refractivity (Wildman–Crippen MR) is 103 cm³/mol. The molecule has 6 nitrogen and oxygen atoms in total. The van der Waals surface area contributed by atoms with Crippen molar-refractivity contribution >= 4 is 17.6 Å². The standard InChI is InChI=1S/C20H31N3O3/c1-3-4-6-18(24)26-10-5-8-23-9-7-16-12-15(11-14(2)21)13-17(19(16)23)20(22)25/h12-14H,3-11,21H2,1-2H3,(H2,22,25)/t14-/m1/s1. The molecule has 0 saturated heterocycles. The SMILES string of the molecule is CCCCC(=O)OCCCN1CCc2cc(C[C@@H](C)N)cc(C(N)=O)c21. The highest BCUT2D eigenvalue weighted by molar-refractivity contribution is 6.00. The van der Waals surface area contributed by atoms with E-state index in [1.807, 2.05) is 19.9 Å². The molecule has 0 saturated carbocycles. The molecule has 1 aromatic rings. The largest absolute Gasteiger partial charge is 0.466 e. The lowest BCUT2D eigenvalue weighted by Gasteiger charge is -2.22. The van der Waals surface area contributed by atoms with Crippen LogP contribution in [0.4, 0.5) is 5.69 Å². The second-order valence-electron chi connectivity index (χ2n) is 7.11. The molecule has 6 heteroatoms. The fourth-order valence-corrected chi connectivity index (χ4v) is 3.43. The highest BCUT2D eigenvalue weighted by Crippen LogP contribution is 2.33. The van der Waals surface area contributed by atoms with Crippen molar-refractivity contribution in [2.45, 2.75) is 58.4 Å². The first-order chi connectivity index (χ1) is 12.4. The monoisotopic (exact) mass is 361 g/mol. The normalized spacial score (nSPS) is 14.2. The number of ether oxygens (including phenoxy) is 1. The van der Waals surface area contributed by atoms with Crippen LogP contribution in [-0.4, -0.2) is 37.6 Å². The fraction of sp³-hybridized carbons (Fsp3) is 0.600. The fourth-order valence-electron chi connectivity index (χ4n) is 3.43. The molecule has 0 unspecified atom stereocenters. The lowest BCUT2D eigenvalue weighted by atomic mass is 9.98. The molecule has 0 radical (unpaired) electrons. The summed E-state index contributed by atoms with van der Waals surface area (Å²) in [5.41, 5.74) is 15.2. The molecule has 2 rings (SSSR count). The van der Waals surface area contributed by atoms with Gasteiger partial charge in [0.05, 0.1) is 17.9 Å². The van der Waals surface area contributed by atoms with Gasteiger partial charge in [-0.15, -0.1) is 0 Å². The van der Waals surface area contributed by atoms with E-state index < -0.39 is 5.91 Å². The van der Waals surface area contributed by atoms with Crippen LogP contribution in [-0.2, 0) is 22.4 Å². The molecule has 0 spiro atoms. The van der Waals surface area contributed by atoms with Gasteiger partial charge in [-0.2, -0.15) is 0 Å².